The molecule has 0 bridgehead atoms. The lowest BCUT2D eigenvalue weighted by Crippen LogP contribution is -2.38. The topological polar surface area (TPSA) is 46.6 Å². The first-order valence-corrected chi connectivity index (χ1v) is 7.62. The van der Waals surface area contributed by atoms with E-state index in [0.29, 0.717) is 10.6 Å². The van der Waals surface area contributed by atoms with Crippen LogP contribution in [-0.4, -0.2) is 36.0 Å². The molecule has 0 N–H and O–H groups in total. The largest absolute Gasteiger partial charge is 0.452 e. The van der Waals surface area contributed by atoms with E-state index in [1.165, 1.54) is 0 Å². The van der Waals surface area contributed by atoms with Gasteiger partial charge in [-0.15, -0.1) is 0 Å². The van der Waals surface area contributed by atoms with Crippen LogP contribution in [0, 0.1) is 0 Å². The van der Waals surface area contributed by atoms with Gasteiger partial charge in [0.15, 0.2) is 6.10 Å². The lowest BCUT2D eigenvalue weighted by molar-refractivity contribution is -0.159. The van der Waals surface area contributed by atoms with Gasteiger partial charge in [-0.1, -0.05) is 29.8 Å². The van der Waals surface area contributed by atoms with E-state index in [4.69, 9.17) is 16.3 Å². The van der Waals surface area contributed by atoms with Gasteiger partial charge in [-0.25, -0.2) is 0 Å². The van der Waals surface area contributed by atoms with Crippen LogP contribution in [-0.2, 0) is 14.3 Å². The zero-order valence-electron chi connectivity index (χ0n) is 12.3. The summed E-state index contributed by atoms with van der Waals surface area (Å²) in [7, 11) is 0. The summed E-state index contributed by atoms with van der Waals surface area (Å²) in [5, 5.41) is 0.528. The minimum atomic E-state index is -0.750. The van der Waals surface area contributed by atoms with E-state index in [0.717, 1.165) is 25.9 Å². The van der Waals surface area contributed by atoms with Crippen LogP contribution >= 0.6 is 11.6 Å². The Morgan fingerprint density at radius 3 is 2.43 bits per heavy atom. The Bertz CT molecular complexity index is 526. The Morgan fingerprint density at radius 2 is 1.81 bits per heavy atom. The second-order valence-corrected chi connectivity index (χ2v) is 5.76. The highest BCUT2D eigenvalue weighted by Gasteiger charge is 2.28. The summed E-state index contributed by atoms with van der Waals surface area (Å²) in [6.45, 7) is 4.86. The minimum Gasteiger partial charge on any atom is -0.452 e. The molecule has 21 heavy (non-hydrogen) atoms. The van der Waals surface area contributed by atoms with Gasteiger partial charge in [-0.3, -0.25) is 9.59 Å². The summed E-state index contributed by atoms with van der Waals surface area (Å²) in [6, 6.07) is 7.16. The lowest BCUT2D eigenvalue weighted by Gasteiger charge is -2.22. The van der Waals surface area contributed by atoms with Crippen LogP contribution in [0.5, 0.6) is 0 Å². The average Bonchev–Trinajstić information content (AvgIpc) is 3.00. The molecule has 1 aromatic rings. The van der Waals surface area contributed by atoms with Gasteiger partial charge in [-0.2, -0.15) is 0 Å². The molecule has 0 radical (unpaired) electrons. The summed E-state index contributed by atoms with van der Waals surface area (Å²) in [5.41, 5.74) is 0.713. The van der Waals surface area contributed by atoms with Gasteiger partial charge in [0.05, 0.1) is 5.92 Å². The summed E-state index contributed by atoms with van der Waals surface area (Å²) in [4.78, 5) is 26.1. The number of carbonyl (C=O) groups excluding carboxylic acids is 2. The molecule has 114 valence electrons. The van der Waals surface area contributed by atoms with Crippen molar-refractivity contribution in [2.75, 3.05) is 13.1 Å². The fourth-order valence-corrected chi connectivity index (χ4v) is 2.77. The molecule has 1 saturated heterocycles. The number of hydrogen-bond acceptors (Lipinski definition) is 3. The van der Waals surface area contributed by atoms with Crippen molar-refractivity contribution in [2.45, 2.75) is 38.7 Å². The Kier molecular flexibility index (Phi) is 5.23. The van der Waals surface area contributed by atoms with E-state index in [1.807, 2.05) is 12.1 Å². The van der Waals surface area contributed by atoms with E-state index in [-0.39, 0.29) is 5.91 Å². The Balaban J connectivity index is 1.97. The highest BCUT2D eigenvalue weighted by Crippen LogP contribution is 2.25. The first-order chi connectivity index (χ1) is 10.0. The third-order valence-corrected chi connectivity index (χ3v) is 4.13. The van der Waals surface area contributed by atoms with Gasteiger partial charge >= 0.3 is 5.97 Å². The van der Waals surface area contributed by atoms with Crippen molar-refractivity contribution in [2.24, 2.45) is 0 Å². The molecule has 1 amide bonds. The quantitative estimate of drug-likeness (QED) is 0.803. The number of rotatable bonds is 4. The summed E-state index contributed by atoms with van der Waals surface area (Å²) in [6.07, 6.45) is 1.28. The third kappa shape index (κ3) is 3.76. The Morgan fingerprint density at radius 1 is 1.19 bits per heavy atom. The number of hydrogen-bond donors (Lipinski definition) is 0. The molecule has 4 nitrogen and oxygen atoms in total. The second-order valence-electron chi connectivity index (χ2n) is 5.35. The van der Waals surface area contributed by atoms with Crippen LogP contribution in [0.4, 0.5) is 0 Å². The number of carbonyl (C=O) groups is 2. The fourth-order valence-electron chi connectivity index (χ4n) is 2.47. The number of halogens is 1. The van der Waals surface area contributed by atoms with Crippen molar-refractivity contribution < 1.29 is 14.3 Å². The smallest absolute Gasteiger partial charge is 0.313 e. The molecule has 1 aliphatic rings. The summed E-state index contributed by atoms with van der Waals surface area (Å²) >= 11 is 6.08. The predicted octanol–water partition coefficient (Wildman–Crippen LogP) is 3.00. The molecule has 1 unspecified atom stereocenters. The fraction of sp³-hybridized carbons (Fsp3) is 0.500. The molecule has 0 saturated carbocycles. The van der Waals surface area contributed by atoms with Gasteiger partial charge in [0.2, 0.25) is 0 Å². The molecule has 1 heterocycles. The van der Waals surface area contributed by atoms with Crippen molar-refractivity contribution in [3.05, 3.63) is 34.9 Å². The minimum absolute atomic E-state index is 0.118. The van der Waals surface area contributed by atoms with Crippen molar-refractivity contribution in [1.29, 1.82) is 0 Å². The van der Waals surface area contributed by atoms with Crippen molar-refractivity contribution in [3.63, 3.8) is 0 Å². The number of ether oxygens (including phenoxy) is 1. The molecule has 1 fully saturated rings. The molecule has 5 heteroatoms. The van der Waals surface area contributed by atoms with Crippen LogP contribution in [0.15, 0.2) is 24.3 Å². The maximum atomic E-state index is 12.2. The molecular formula is C16H20ClNO3. The molecule has 1 aromatic carbocycles. The van der Waals surface area contributed by atoms with Crippen LogP contribution in [0.2, 0.25) is 5.02 Å². The van der Waals surface area contributed by atoms with Crippen LogP contribution in [0.1, 0.15) is 38.2 Å². The van der Waals surface area contributed by atoms with Gasteiger partial charge in [0, 0.05) is 18.1 Å². The van der Waals surface area contributed by atoms with Gasteiger partial charge < -0.3 is 9.64 Å². The third-order valence-electron chi connectivity index (χ3n) is 3.78. The number of nitrogens with zero attached hydrogens (tertiary/aromatic N) is 1. The standard InChI is InChI=1S/C16H20ClNO3/c1-11(13-7-3-4-8-14(13)17)16(20)21-12(2)15(19)18-9-5-6-10-18/h3-4,7-8,11-12H,5-6,9-10H2,1-2H3/t11?,12-/m1/s1. The van der Waals surface area contributed by atoms with Crippen molar-refractivity contribution >= 4 is 23.5 Å². The summed E-state index contributed by atoms with van der Waals surface area (Å²) < 4.78 is 5.31. The zero-order chi connectivity index (χ0) is 15.4. The molecule has 0 aliphatic carbocycles. The molecule has 1 aliphatic heterocycles. The first-order valence-electron chi connectivity index (χ1n) is 7.24. The van der Waals surface area contributed by atoms with Gasteiger partial charge in [-0.05, 0) is 38.3 Å². The van der Waals surface area contributed by atoms with Crippen LogP contribution < -0.4 is 0 Å². The number of esters is 1. The van der Waals surface area contributed by atoms with E-state index in [1.54, 1.807) is 30.9 Å². The molecule has 0 spiro atoms. The molecule has 2 rings (SSSR count). The molecular weight excluding hydrogens is 290 g/mol. The molecule has 0 aromatic heterocycles. The number of benzene rings is 1. The van der Waals surface area contributed by atoms with E-state index in [2.05, 4.69) is 0 Å². The lowest BCUT2D eigenvalue weighted by atomic mass is 10.0. The SMILES string of the molecule is CC(C(=O)O[C@H](C)C(=O)N1CCCC1)c1ccccc1Cl. The normalized spacial score (nSPS) is 17.4. The first kappa shape index (κ1) is 15.8. The monoisotopic (exact) mass is 309 g/mol. The zero-order valence-corrected chi connectivity index (χ0v) is 13.1. The van der Waals surface area contributed by atoms with Gasteiger partial charge in [0.25, 0.3) is 5.91 Å². The van der Waals surface area contributed by atoms with E-state index < -0.39 is 18.0 Å². The van der Waals surface area contributed by atoms with Crippen LogP contribution in [0.3, 0.4) is 0 Å². The van der Waals surface area contributed by atoms with Crippen molar-refractivity contribution in [3.8, 4) is 0 Å². The number of amides is 1. The summed E-state index contributed by atoms with van der Waals surface area (Å²) in [5.74, 6) is -1.04. The maximum absolute atomic E-state index is 12.2. The highest BCUT2D eigenvalue weighted by atomic mass is 35.5. The van der Waals surface area contributed by atoms with E-state index in [9.17, 15) is 9.59 Å². The second kappa shape index (κ2) is 6.94. The molecule has 2 atom stereocenters. The van der Waals surface area contributed by atoms with Crippen LogP contribution in [0.25, 0.3) is 0 Å². The van der Waals surface area contributed by atoms with E-state index >= 15 is 0 Å². The Labute approximate surface area is 130 Å². The Hall–Kier alpha value is -1.55. The predicted molar refractivity (Wildman–Crippen MR) is 81.2 cm³/mol. The highest BCUT2D eigenvalue weighted by molar-refractivity contribution is 6.31. The van der Waals surface area contributed by atoms with Crippen molar-refractivity contribution in [1.82, 2.24) is 4.90 Å². The number of likely N-dealkylation sites (tertiary alicyclic amines) is 1. The van der Waals surface area contributed by atoms with Gasteiger partial charge in [0.1, 0.15) is 0 Å². The maximum Gasteiger partial charge on any atom is 0.313 e. The average molecular weight is 310 g/mol.